The predicted octanol–water partition coefficient (Wildman–Crippen LogP) is 3.28. The minimum absolute atomic E-state index is 0.115. The van der Waals surface area contributed by atoms with Crippen molar-refractivity contribution in [2.75, 3.05) is 31.1 Å². The maximum atomic E-state index is 12.6. The molecule has 0 atom stereocenters. The van der Waals surface area contributed by atoms with Gasteiger partial charge in [-0.15, -0.1) is 0 Å². The van der Waals surface area contributed by atoms with Crippen LogP contribution in [-0.2, 0) is 10.0 Å². The fourth-order valence-corrected chi connectivity index (χ4v) is 6.66. The molecule has 29 heavy (non-hydrogen) atoms. The molecular weight excluding hydrogens is 386 g/mol. The molecule has 1 saturated carbocycles. The summed E-state index contributed by atoms with van der Waals surface area (Å²) in [6, 6.07) is 2.55. The molecule has 0 aromatic carbocycles. The average Bonchev–Trinajstić information content (AvgIpc) is 3.27. The highest BCUT2D eigenvalue weighted by Crippen LogP contribution is 2.37. The quantitative estimate of drug-likeness (QED) is 0.747. The Morgan fingerprint density at radius 3 is 2.34 bits per heavy atom. The summed E-state index contributed by atoms with van der Waals surface area (Å²) >= 11 is 0. The van der Waals surface area contributed by atoms with Crippen LogP contribution in [0.3, 0.4) is 0 Å². The maximum Gasteiger partial charge on any atom is 0.216 e. The second-order valence-corrected chi connectivity index (χ2v) is 11.3. The van der Waals surface area contributed by atoms with Crippen molar-refractivity contribution in [3.8, 4) is 0 Å². The number of anilines is 1. The Balaban J connectivity index is 1.46. The third kappa shape index (κ3) is 3.44. The maximum absolute atomic E-state index is 12.6. The van der Waals surface area contributed by atoms with Crippen LogP contribution in [0.4, 0.5) is 5.82 Å². The molecule has 7 nitrogen and oxygen atoms in total. The number of hydrogen-bond acceptors (Lipinski definition) is 5. The topological polar surface area (TPSA) is 71.3 Å². The summed E-state index contributed by atoms with van der Waals surface area (Å²) in [6.45, 7) is 7.67. The summed E-state index contributed by atoms with van der Waals surface area (Å²) in [5.41, 5.74) is 3.25. The number of hydrogen-bond donors (Lipinski definition) is 0. The molecule has 2 aliphatic heterocycles. The summed E-state index contributed by atoms with van der Waals surface area (Å²) in [5, 5.41) is -0.115. The lowest BCUT2D eigenvalue weighted by molar-refractivity contribution is 0.316. The first-order valence-electron chi connectivity index (χ1n) is 11.1. The van der Waals surface area contributed by atoms with E-state index in [9.17, 15) is 8.42 Å². The van der Waals surface area contributed by atoms with E-state index >= 15 is 0 Å². The number of piperidine rings is 1. The molecule has 4 heterocycles. The Bertz CT molecular complexity index is 997. The van der Waals surface area contributed by atoms with Crippen LogP contribution in [0.25, 0.3) is 11.0 Å². The highest BCUT2D eigenvalue weighted by Gasteiger charge is 2.41. The monoisotopic (exact) mass is 417 g/mol. The number of fused-ring (bicyclic) bond motifs is 1. The number of imidazole rings is 1. The first-order chi connectivity index (χ1) is 13.9. The molecule has 0 spiro atoms. The van der Waals surface area contributed by atoms with E-state index in [2.05, 4.69) is 29.4 Å². The zero-order valence-corrected chi connectivity index (χ0v) is 18.2. The predicted molar refractivity (Wildman–Crippen MR) is 115 cm³/mol. The van der Waals surface area contributed by atoms with Crippen LogP contribution in [0, 0.1) is 0 Å². The number of rotatable bonds is 5. The van der Waals surface area contributed by atoms with Gasteiger partial charge in [-0.2, -0.15) is 0 Å². The number of sulfonamides is 1. The van der Waals surface area contributed by atoms with E-state index < -0.39 is 10.0 Å². The lowest BCUT2D eigenvalue weighted by Gasteiger charge is -2.31. The van der Waals surface area contributed by atoms with E-state index in [4.69, 9.17) is 9.97 Å². The van der Waals surface area contributed by atoms with Crippen LogP contribution >= 0.6 is 0 Å². The molecule has 2 saturated heterocycles. The van der Waals surface area contributed by atoms with Gasteiger partial charge in [0.1, 0.15) is 5.52 Å². The Morgan fingerprint density at radius 1 is 1.03 bits per heavy atom. The Labute approximate surface area is 173 Å². The SMILES string of the molecule is CC(C)n1cnc2c(N3CCCC3)nc(C3CCN(S(=O)(=O)C4CC4)CC3)cc21. The first-order valence-corrected chi connectivity index (χ1v) is 12.6. The molecule has 5 rings (SSSR count). The van der Waals surface area contributed by atoms with Gasteiger partial charge < -0.3 is 9.47 Å². The minimum atomic E-state index is -3.07. The second kappa shape index (κ2) is 7.23. The molecule has 3 fully saturated rings. The van der Waals surface area contributed by atoms with Crippen LogP contribution in [0.2, 0.25) is 0 Å². The smallest absolute Gasteiger partial charge is 0.216 e. The van der Waals surface area contributed by atoms with Crippen LogP contribution in [0.5, 0.6) is 0 Å². The van der Waals surface area contributed by atoms with Gasteiger partial charge in [-0.25, -0.2) is 22.7 Å². The largest absolute Gasteiger partial charge is 0.355 e. The van der Waals surface area contributed by atoms with E-state index in [0.717, 1.165) is 61.3 Å². The molecule has 2 aromatic heterocycles. The van der Waals surface area contributed by atoms with Gasteiger partial charge >= 0.3 is 0 Å². The highest BCUT2D eigenvalue weighted by atomic mass is 32.2. The first kappa shape index (κ1) is 19.3. The zero-order valence-electron chi connectivity index (χ0n) is 17.4. The van der Waals surface area contributed by atoms with Gasteiger partial charge in [0.2, 0.25) is 10.0 Å². The van der Waals surface area contributed by atoms with Crippen molar-refractivity contribution in [2.45, 2.75) is 69.6 Å². The summed E-state index contributed by atoms with van der Waals surface area (Å²) in [5.74, 6) is 1.32. The van der Waals surface area contributed by atoms with Crippen molar-refractivity contribution in [1.29, 1.82) is 0 Å². The van der Waals surface area contributed by atoms with Gasteiger partial charge in [-0.1, -0.05) is 0 Å². The molecule has 0 unspecified atom stereocenters. The van der Waals surface area contributed by atoms with Gasteiger partial charge in [0, 0.05) is 43.8 Å². The number of pyridine rings is 1. The molecule has 3 aliphatic rings. The Morgan fingerprint density at radius 2 is 1.72 bits per heavy atom. The van der Waals surface area contributed by atoms with E-state index in [0.29, 0.717) is 25.0 Å². The van der Waals surface area contributed by atoms with Crippen molar-refractivity contribution < 1.29 is 8.42 Å². The summed E-state index contributed by atoms with van der Waals surface area (Å²) in [6.07, 6.45) is 7.70. The fourth-order valence-electron chi connectivity index (χ4n) is 4.79. The van der Waals surface area contributed by atoms with Crippen molar-refractivity contribution in [3.63, 3.8) is 0 Å². The van der Waals surface area contributed by atoms with E-state index in [1.54, 1.807) is 4.31 Å². The summed E-state index contributed by atoms with van der Waals surface area (Å²) < 4.78 is 29.1. The number of nitrogens with zero attached hydrogens (tertiary/aromatic N) is 5. The standard InChI is InChI=1S/C21H31N5O2S/c1-15(2)26-14-22-20-19(26)13-18(23-21(20)24-9-3-4-10-24)16-7-11-25(12-8-16)29(27,28)17-5-6-17/h13-17H,3-12H2,1-2H3. The number of aromatic nitrogens is 3. The molecule has 0 radical (unpaired) electrons. The average molecular weight is 418 g/mol. The lowest BCUT2D eigenvalue weighted by Crippen LogP contribution is -2.39. The van der Waals surface area contributed by atoms with Crippen LogP contribution in [0.1, 0.15) is 70.0 Å². The highest BCUT2D eigenvalue weighted by molar-refractivity contribution is 7.90. The van der Waals surface area contributed by atoms with Crippen molar-refractivity contribution in [1.82, 2.24) is 18.8 Å². The normalized spacial score (nSPS) is 22.2. The Kier molecular flexibility index (Phi) is 4.81. The molecule has 1 aliphatic carbocycles. The third-order valence-corrected chi connectivity index (χ3v) is 9.10. The van der Waals surface area contributed by atoms with Gasteiger partial charge in [0.25, 0.3) is 0 Å². The zero-order chi connectivity index (χ0) is 20.2. The van der Waals surface area contributed by atoms with Gasteiger partial charge in [0.15, 0.2) is 5.82 Å². The van der Waals surface area contributed by atoms with Gasteiger partial charge in [-0.3, -0.25) is 0 Å². The van der Waals surface area contributed by atoms with Crippen LogP contribution in [0.15, 0.2) is 12.4 Å². The summed E-state index contributed by atoms with van der Waals surface area (Å²) in [7, 11) is -3.07. The van der Waals surface area contributed by atoms with Crippen molar-refractivity contribution >= 4 is 26.9 Å². The second-order valence-electron chi connectivity index (χ2n) is 9.10. The molecule has 2 aromatic rings. The van der Waals surface area contributed by atoms with Gasteiger partial charge in [0.05, 0.1) is 17.1 Å². The lowest BCUT2D eigenvalue weighted by atomic mass is 9.94. The molecule has 0 amide bonds. The molecule has 0 N–H and O–H groups in total. The Hall–Kier alpha value is -1.67. The van der Waals surface area contributed by atoms with E-state index in [1.807, 2.05) is 6.33 Å². The van der Waals surface area contributed by atoms with Crippen molar-refractivity contribution in [3.05, 3.63) is 18.1 Å². The van der Waals surface area contributed by atoms with E-state index in [-0.39, 0.29) is 5.25 Å². The summed E-state index contributed by atoms with van der Waals surface area (Å²) in [4.78, 5) is 12.2. The molecule has 158 valence electrons. The van der Waals surface area contributed by atoms with Crippen LogP contribution in [-0.4, -0.2) is 58.7 Å². The third-order valence-electron chi connectivity index (χ3n) is 6.70. The molecular formula is C21H31N5O2S. The molecule has 0 bridgehead atoms. The van der Waals surface area contributed by atoms with Gasteiger partial charge in [-0.05, 0) is 58.4 Å². The minimum Gasteiger partial charge on any atom is -0.355 e. The van der Waals surface area contributed by atoms with E-state index in [1.165, 1.54) is 12.8 Å². The molecule has 8 heteroatoms. The fraction of sp³-hybridized carbons (Fsp3) is 0.714. The van der Waals surface area contributed by atoms with Crippen LogP contribution < -0.4 is 4.90 Å². The van der Waals surface area contributed by atoms with Crippen molar-refractivity contribution in [2.24, 2.45) is 0 Å².